The van der Waals surface area contributed by atoms with E-state index >= 15 is 0 Å². The summed E-state index contributed by atoms with van der Waals surface area (Å²) in [5, 5.41) is 1.75. The van der Waals surface area contributed by atoms with Crippen LogP contribution in [0, 0.1) is 0 Å². The van der Waals surface area contributed by atoms with Crippen LogP contribution >= 0.6 is 27.5 Å². The Bertz CT molecular complexity index is 336. The highest BCUT2D eigenvalue weighted by Crippen LogP contribution is 2.49. The Kier molecular flexibility index (Phi) is 2.99. The zero-order chi connectivity index (χ0) is 10.0. The van der Waals surface area contributed by atoms with Crippen LogP contribution in [0.15, 0.2) is 36.4 Å². The summed E-state index contributed by atoms with van der Waals surface area (Å²) in [6, 6.07) is 8.21. The molecule has 2 heteroatoms. The molecule has 1 aromatic carbocycles. The van der Waals surface area contributed by atoms with Crippen LogP contribution in [0.5, 0.6) is 0 Å². The molecule has 14 heavy (non-hydrogen) atoms. The summed E-state index contributed by atoms with van der Waals surface area (Å²) in [6.07, 6.45) is 7.02. The van der Waals surface area contributed by atoms with Gasteiger partial charge >= 0.3 is 0 Å². The van der Waals surface area contributed by atoms with E-state index in [-0.39, 0.29) is 0 Å². The average molecular weight is 272 g/mol. The van der Waals surface area contributed by atoms with Crippen molar-refractivity contribution in [1.29, 1.82) is 0 Å². The molecule has 1 fully saturated rings. The van der Waals surface area contributed by atoms with Gasteiger partial charge in [-0.05, 0) is 30.5 Å². The van der Waals surface area contributed by atoms with Crippen molar-refractivity contribution in [2.24, 2.45) is 0 Å². The number of alkyl halides is 1. The first kappa shape index (κ1) is 10.3. The molecule has 2 rings (SSSR count). The monoisotopic (exact) mass is 270 g/mol. The predicted molar refractivity (Wildman–Crippen MR) is 65.3 cm³/mol. The van der Waals surface area contributed by atoms with Crippen molar-refractivity contribution >= 4 is 27.5 Å². The third-order valence-corrected chi connectivity index (χ3v) is 3.36. The van der Waals surface area contributed by atoms with Gasteiger partial charge in [-0.2, -0.15) is 0 Å². The fourth-order valence-corrected chi connectivity index (χ4v) is 2.05. The second-order valence-electron chi connectivity index (χ2n) is 3.72. The zero-order valence-corrected chi connectivity index (χ0v) is 10.2. The minimum absolute atomic E-state index is 0.318. The maximum atomic E-state index is 5.86. The molecule has 0 amide bonds. The molecule has 0 nitrogen and oxygen atoms in total. The maximum absolute atomic E-state index is 5.86. The third-order valence-electron chi connectivity index (χ3n) is 2.73. The van der Waals surface area contributed by atoms with E-state index in [1.807, 2.05) is 12.1 Å². The number of benzene rings is 1. The molecule has 1 saturated carbocycles. The maximum Gasteiger partial charge on any atom is 0.0406 e. The van der Waals surface area contributed by atoms with Crippen LogP contribution in [0.3, 0.4) is 0 Å². The molecule has 0 radical (unpaired) electrons. The smallest absolute Gasteiger partial charge is 0.0406 e. The van der Waals surface area contributed by atoms with Crippen molar-refractivity contribution in [3.8, 4) is 0 Å². The molecule has 0 atom stereocenters. The fraction of sp³-hybridized carbons (Fsp3) is 0.333. The summed E-state index contributed by atoms with van der Waals surface area (Å²) < 4.78 is 0. The van der Waals surface area contributed by atoms with Crippen LogP contribution < -0.4 is 0 Å². The zero-order valence-electron chi connectivity index (χ0n) is 7.84. The normalized spacial score (nSPS) is 18.7. The number of hydrogen-bond acceptors (Lipinski definition) is 0. The van der Waals surface area contributed by atoms with E-state index in [1.54, 1.807) is 0 Å². The highest BCUT2D eigenvalue weighted by Gasteiger charge is 2.41. The highest BCUT2D eigenvalue weighted by atomic mass is 79.9. The fourth-order valence-electron chi connectivity index (χ4n) is 1.74. The molecular formula is C12H12BrCl. The van der Waals surface area contributed by atoms with Crippen LogP contribution in [0.2, 0.25) is 5.02 Å². The summed E-state index contributed by atoms with van der Waals surface area (Å²) >= 11 is 9.27. The Labute approximate surface area is 98.1 Å². The van der Waals surface area contributed by atoms with Crippen molar-refractivity contribution in [3.63, 3.8) is 0 Å². The first-order valence-corrected chi connectivity index (χ1v) is 6.26. The first-order valence-electron chi connectivity index (χ1n) is 4.76. The van der Waals surface area contributed by atoms with Crippen molar-refractivity contribution < 1.29 is 0 Å². The second-order valence-corrected chi connectivity index (χ2v) is 4.80. The Morgan fingerprint density at radius 3 is 2.43 bits per heavy atom. The van der Waals surface area contributed by atoms with Gasteiger partial charge in [-0.25, -0.2) is 0 Å². The van der Waals surface area contributed by atoms with Crippen molar-refractivity contribution in [2.45, 2.75) is 18.3 Å². The van der Waals surface area contributed by atoms with E-state index in [0.29, 0.717) is 5.41 Å². The van der Waals surface area contributed by atoms with E-state index in [2.05, 4.69) is 40.2 Å². The lowest BCUT2D eigenvalue weighted by Crippen LogP contribution is -2.01. The SMILES string of the molecule is Clc1ccc(C2(C=CCBr)CC2)cc1. The van der Waals surface area contributed by atoms with E-state index in [9.17, 15) is 0 Å². The molecule has 74 valence electrons. The summed E-state index contributed by atoms with van der Waals surface area (Å²) in [5.41, 5.74) is 1.71. The molecule has 0 aliphatic heterocycles. The van der Waals surface area contributed by atoms with Crippen LogP contribution in [0.4, 0.5) is 0 Å². The van der Waals surface area contributed by atoms with Crippen molar-refractivity contribution in [3.05, 3.63) is 47.0 Å². The lowest BCUT2D eigenvalue weighted by Gasteiger charge is -2.10. The lowest BCUT2D eigenvalue weighted by molar-refractivity contribution is 0.890. The largest absolute Gasteiger partial charge is 0.0883 e. The Morgan fingerprint density at radius 1 is 1.29 bits per heavy atom. The predicted octanol–water partition coefficient (Wildman–Crippen LogP) is 4.32. The summed E-state index contributed by atoms with van der Waals surface area (Å²) in [4.78, 5) is 0. The summed E-state index contributed by atoms with van der Waals surface area (Å²) in [6.45, 7) is 0. The van der Waals surface area contributed by atoms with E-state index in [1.165, 1.54) is 18.4 Å². The molecule has 0 aromatic heterocycles. The molecule has 0 heterocycles. The second kappa shape index (κ2) is 4.08. The quantitative estimate of drug-likeness (QED) is 0.567. The molecule has 0 N–H and O–H groups in total. The molecule has 1 aromatic rings. The highest BCUT2D eigenvalue weighted by molar-refractivity contribution is 9.09. The third kappa shape index (κ3) is 2.04. The molecule has 1 aliphatic carbocycles. The van der Waals surface area contributed by atoms with Gasteiger partial charge in [-0.1, -0.05) is 51.8 Å². The number of rotatable bonds is 3. The first-order chi connectivity index (χ1) is 6.77. The van der Waals surface area contributed by atoms with Crippen LogP contribution in [-0.2, 0) is 5.41 Å². The van der Waals surface area contributed by atoms with Crippen LogP contribution in [0.25, 0.3) is 0 Å². The molecule has 0 unspecified atom stereocenters. The van der Waals surface area contributed by atoms with Gasteiger partial charge in [0.2, 0.25) is 0 Å². The minimum atomic E-state index is 0.318. The van der Waals surface area contributed by atoms with Crippen molar-refractivity contribution in [1.82, 2.24) is 0 Å². The molecule has 0 saturated heterocycles. The number of hydrogen-bond donors (Lipinski definition) is 0. The van der Waals surface area contributed by atoms with E-state index < -0.39 is 0 Å². The molecular weight excluding hydrogens is 259 g/mol. The minimum Gasteiger partial charge on any atom is -0.0883 e. The van der Waals surface area contributed by atoms with E-state index in [0.717, 1.165) is 10.4 Å². The van der Waals surface area contributed by atoms with Gasteiger partial charge in [0.25, 0.3) is 0 Å². The number of halogens is 2. The van der Waals surface area contributed by atoms with Gasteiger partial charge in [0.05, 0.1) is 0 Å². The van der Waals surface area contributed by atoms with Gasteiger partial charge in [0.1, 0.15) is 0 Å². The average Bonchev–Trinajstić information content (AvgIpc) is 2.97. The summed E-state index contributed by atoms with van der Waals surface area (Å²) in [7, 11) is 0. The van der Waals surface area contributed by atoms with Crippen molar-refractivity contribution in [2.75, 3.05) is 5.33 Å². The van der Waals surface area contributed by atoms with Gasteiger partial charge in [0.15, 0.2) is 0 Å². The van der Waals surface area contributed by atoms with Crippen LogP contribution in [-0.4, -0.2) is 5.33 Å². The topological polar surface area (TPSA) is 0 Å². The Morgan fingerprint density at radius 2 is 1.93 bits per heavy atom. The molecule has 0 bridgehead atoms. The standard InChI is InChI=1S/C12H12BrCl/c13-9-1-6-12(7-8-12)10-2-4-11(14)5-3-10/h1-6H,7-9H2. The van der Waals surface area contributed by atoms with Crippen LogP contribution in [0.1, 0.15) is 18.4 Å². The van der Waals surface area contributed by atoms with E-state index in [4.69, 9.17) is 11.6 Å². The Hall–Kier alpha value is -0.270. The van der Waals surface area contributed by atoms with Gasteiger partial charge in [-0.15, -0.1) is 0 Å². The van der Waals surface area contributed by atoms with Gasteiger partial charge in [0, 0.05) is 15.8 Å². The molecule has 1 aliphatic rings. The Balaban J connectivity index is 2.22. The van der Waals surface area contributed by atoms with Gasteiger partial charge < -0.3 is 0 Å². The summed E-state index contributed by atoms with van der Waals surface area (Å²) in [5.74, 6) is 0. The lowest BCUT2D eigenvalue weighted by atomic mass is 9.96. The number of allylic oxidation sites excluding steroid dienone is 2. The van der Waals surface area contributed by atoms with Gasteiger partial charge in [-0.3, -0.25) is 0 Å². The molecule has 0 spiro atoms.